The lowest BCUT2D eigenvalue weighted by Gasteiger charge is -2.24. The molecule has 0 aromatic rings. The average Bonchev–Trinajstić information content (AvgIpc) is 3.17. The van der Waals surface area contributed by atoms with Crippen LogP contribution in [0.25, 0.3) is 0 Å². The van der Waals surface area contributed by atoms with Gasteiger partial charge >= 0.3 is 19.8 Å². The van der Waals surface area contributed by atoms with Crippen molar-refractivity contribution in [3.8, 4) is 0 Å². The van der Waals surface area contributed by atoms with Gasteiger partial charge in [0.25, 0.3) is 0 Å². The second kappa shape index (κ2) is 39.9. The SMILES string of the molecule is CC/C=C\C/C=C\C/C=C\C/C=C\C/C=C\C/C=C\CCC(=O)OC[C@H](COP(=O)(O)OCC[N+](C)(C)C)OC(=O)CCCCCCCCCCCCCCCCC. The van der Waals surface area contributed by atoms with Crippen LogP contribution in [0.3, 0.4) is 0 Å². The number of esters is 2. The molecule has 0 saturated carbocycles. The van der Waals surface area contributed by atoms with Gasteiger partial charge in [-0.25, -0.2) is 4.57 Å². The molecule has 1 unspecified atom stereocenters. The van der Waals surface area contributed by atoms with Crippen molar-refractivity contribution >= 4 is 19.8 Å². The van der Waals surface area contributed by atoms with Crippen LogP contribution in [0.5, 0.6) is 0 Å². The van der Waals surface area contributed by atoms with Gasteiger partial charge in [-0.1, -0.05) is 177 Å². The molecule has 9 nitrogen and oxygen atoms in total. The predicted octanol–water partition coefficient (Wildman–Crippen LogP) is 13.0. The quantitative estimate of drug-likeness (QED) is 0.0214. The van der Waals surface area contributed by atoms with E-state index in [2.05, 4.69) is 74.6 Å². The van der Waals surface area contributed by atoms with E-state index in [4.69, 9.17) is 18.5 Å². The van der Waals surface area contributed by atoms with Crippen LogP contribution in [0.2, 0.25) is 0 Å². The molecule has 0 aromatic heterocycles. The van der Waals surface area contributed by atoms with E-state index in [1.54, 1.807) is 0 Å². The van der Waals surface area contributed by atoms with E-state index in [9.17, 15) is 19.0 Å². The second-order valence-corrected chi connectivity index (χ2v) is 17.5. The van der Waals surface area contributed by atoms with Crippen LogP contribution in [-0.4, -0.2) is 74.9 Å². The second-order valence-electron chi connectivity index (χ2n) is 16.1. The summed E-state index contributed by atoms with van der Waals surface area (Å²) >= 11 is 0. The number of nitrogens with zero attached hydrogens (tertiary/aromatic N) is 1. The number of carbonyl (C=O) groups is 2. The molecule has 0 aliphatic heterocycles. The zero-order valence-electron chi connectivity index (χ0n) is 37.5. The third-order valence-electron chi connectivity index (χ3n) is 9.26. The maximum absolute atomic E-state index is 12.7. The summed E-state index contributed by atoms with van der Waals surface area (Å²) in [5.74, 6) is -0.898. The first-order valence-electron chi connectivity index (χ1n) is 22.7. The Hall–Kier alpha value is -2.55. The van der Waals surface area contributed by atoms with Gasteiger partial charge in [-0.2, -0.15) is 0 Å². The molecule has 0 aliphatic carbocycles. The number of allylic oxidation sites excluding steroid dienone is 12. The molecular weight excluding hydrogens is 750 g/mol. The number of phosphoric ester groups is 1. The number of hydrogen-bond acceptors (Lipinski definition) is 7. The summed E-state index contributed by atoms with van der Waals surface area (Å²) in [6.45, 7) is 4.22. The largest absolute Gasteiger partial charge is 0.472 e. The van der Waals surface area contributed by atoms with Gasteiger partial charge in [0.1, 0.15) is 19.8 Å². The minimum absolute atomic E-state index is 0.0184. The van der Waals surface area contributed by atoms with E-state index < -0.39 is 32.5 Å². The van der Waals surface area contributed by atoms with Crippen molar-refractivity contribution < 1.29 is 42.1 Å². The number of ether oxygens (including phenoxy) is 2. The predicted molar refractivity (Wildman–Crippen MR) is 242 cm³/mol. The Kier molecular flexibility index (Phi) is 38.1. The lowest BCUT2D eigenvalue weighted by atomic mass is 10.0. The highest BCUT2D eigenvalue weighted by Crippen LogP contribution is 2.43. The highest BCUT2D eigenvalue weighted by Gasteiger charge is 2.27. The zero-order valence-corrected chi connectivity index (χ0v) is 38.4. The van der Waals surface area contributed by atoms with E-state index in [-0.39, 0.29) is 26.1 Å². The summed E-state index contributed by atoms with van der Waals surface area (Å²) in [7, 11) is 1.43. The van der Waals surface area contributed by atoms with Gasteiger partial charge in [0.15, 0.2) is 6.10 Å². The molecule has 0 fully saturated rings. The normalized spacial score (nSPS) is 14.2. The van der Waals surface area contributed by atoms with Crippen molar-refractivity contribution in [2.24, 2.45) is 0 Å². The van der Waals surface area contributed by atoms with Gasteiger partial charge in [-0.15, -0.1) is 0 Å². The number of rotatable bonds is 40. The molecule has 0 rings (SSSR count). The van der Waals surface area contributed by atoms with Gasteiger partial charge in [0, 0.05) is 12.8 Å². The van der Waals surface area contributed by atoms with Gasteiger partial charge in [-0.05, 0) is 51.4 Å². The van der Waals surface area contributed by atoms with Crippen LogP contribution in [0.1, 0.15) is 168 Å². The van der Waals surface area contributed by atoms with E-state index in [1.807, 2.05) is 33.3 Å². The first kappa shape index (κ1) is 55.5. The van der Waals surface area contributed by atoms with Gasteiger partial charge < -0.3 is 18.9 Å². The van der Waals surface area contributed by atoms with Crippen LogP contribution in [-0.2, 0) is 32.7 Å². The lowest BCUT2D eigenvalue weighted by molar-refractivity contribution is -0.870. The number of likely N-dealkylation sites (N-methyl/N-ethyl adjacent to an activating group) is 1. The third-order valence-corrected chi connectivity index (χ3v) is 10.2. The number of hydrogen-bond donors (Lipinski definition) is 1. The van der Waals surface area contributed by atoms with Gasteiger partial charge in [-0.3, -0.25) is 18.6 Å². The van der Waals surface area contributed by atoms with Crippen LogP contribution in [0, 0.1) is 0 Å². The smallest absolute Gasteiger partial charge is 0.462 e. The zero-order chi connectivity index (χ0) is 42.8. The lowest BCUT2D eigenvalue weighted by Crippen LogP contribution is -2.37. The molecular formula is C48H85NO8P+. The molecule has 334 valence electrons. The fourth-order valence-corrected chi connectivity index (χ4v) is 6.49. The Labute approximate surface area is 355 Å². The van der Waals surface area contributed by atoms with Crippen molar-refractivity contribution in [3.05, 3.63) is 72.9 Å². The molecule has 0 saturated heterocycles. The summed E-state index contributed by atoms with van der Waals surface area (Å²) in [6.07, 6.45) is 49.6. The molecule has 1 N–H and O–H groups in total. The van der Waals surface area contributed by atoms with E-state index >= 15 is 0 Å². The number of unbranched alkanes of at least 4 members (excludes halogenated alkanes) is 14. The molecule has 58 heavy (non-hydrogen) atoms. The molecule has 0 aliphatic rings. The Morgan fingerprint density at radius 3 is 1.43 bits per heavy atom. The van der Waals surface area contributed by atoms with Crippen molar-refractivity contribution in [2.45, 2.75) is 174 Å². The average molecular weight is 835 g/mol. The number of carbonyl (C=O) groups excluding carboxylic acids is 2. The summed E-state index contributed by atoms with van der Waals surface area (Å²) in [6, 6.07) is 0. The molecule has 0 aromatic carbocycles. The number of phosphoric acid groups is 1. The van der Waals surface area contributed by atoms with Crippen molar-refractivity contribution in [1.82, 2.24) is 0 Å². The third kappa shape index (κ3) is 43.0. The summed E-state index contributed by atoms with van der Waals surface area (Å²) in [5, 5.41) is 0. The van der Waals surface area contributed by atoms with Crippen LogP contribution in [0.15, 0.2) is 72.9 Å². The first-order valence-corrected chi connectivity index (χ1v) is 24.2. The van der Waals surface area contributed by atoms with Gasteiger partial charge in [0.05, 0.1) is 27.7 Å². The minimum Gasteiger partial charge on any atom is -0.462 e. The Morgan fingerprint density at radius 2 is 0.983 bits per heavy atom. The number of quaternary nitrogens is 1. The van der Waals surface area contributed by atoms with E-state index in [0.717, 1.165) is 57.8 Å². The van der Waals surface area contributed by atoms with E-state index in [1.165, 1.54) is 70.6 Å². The van der Waals surface area contributed by atoms with Crippen molar-refractivity contribution in [2.75, 3.05) is 47.5 Å². The van der Waals surface area contributed by atoms with Crippen LogP contribution in [0.4, 0.5) is 0 Å². The fraction of sp³-hybridized carbons (Fsp3) is 0.708. The van der Waals surface area contributed by atoms with Crippen LogP contribution < -0.4 is 0 Å². The highest BCUT2D eigenvalue weighted by molar-refractivity contribution is 7.47. The molecule has 0 radical (unpaired) electrons. The Bertz CT molecular complexity index is 1220. The van der Waals surface area contributed by atoms with Crippen LogP contribution >= 0.6 is 7.82 Å². The molecule has 0 amide bonds. The first-order chi connectivity index (χ1) is 28.0. The summed E-state index contributed by atoms with van der Waals surface area (Å²) < 4.78 is 34.2. The van der Waals surface area contributed by atoms with Crippen molar-refractivity contribution in [1.29, 1.82) is 0 Å². The van der Waals surface area contributed by atoms with Crippen molar-refractivity contribution in [3.63, 3.8) is 0 Å². The Morgan fingerprint density at radius 1 is 0.552 bits per heavy atom. The summed E-state index contributed by atoms with van der Waals surface area (Å²) in [4.78, 5) is 35.4. The minimum atomic E-state index is -4.39. The molecule has 10 heteroatoms. The monoisotopic (exact) mass is 835 g/mol. The molecule has 2 atom stereocenters. The highest BCUT2D eigenvalue weighted by atomic mass is 31.2. The maximum atomic E-state index is 12.7. The maximum Gasteiger partial charge on any atom is 0.472 e. The Balaban J connectivity index is 4.46. The molecule has 0 spiro atoms. The topological polar surface area (TPSA) is 108 Å². The van der Waals surface area contributed by atoms with Gasteiger partial charge in [0.2, 0.25) is 0 Å². The molecule has 0 bridgehead atoms. The van der Waals surface area contributed by atoms with E-state index in [0.29, 0.717) is 23.9 Å². The fourth-order valence-electron chi connectivity index (χ4n) is 5.75. The molecule has 0 heterocycles. The summed E-state index contributed by atoms with van der Waals surface area (Å²) in [5.41, 5.74) is 0. The standard InChI is InChI=1S/C48H84NO8P/c1-6-8-10-12-14-16-18-20-22-23-24-25-27-28-30-32-34-36-38-40-47(50)54-44-46(45-56-58(52,53)55-43-42-49(3,4)5)57-48(51)41-39-37-35-33-31-29-26-21-19-17-15-13-11-9-7-2/h8,10,14,16,20,22,24-25,28,30,34,36,46H,6-7,9,11-13,15,17-19,21,23,26-27,29,31-33,35,37-45H2,1-5H3/p+1/b10-8-,16-14-,22-20-,25-24-,30-28-,36-34-/t46-/m1/s1.